The van der Waals surface area contributed by atoms with Crippen molar-refractivity contribution in [3.05, 3.63) is 41.8 Å². The van der Waals surface area contributed by atoms with Crippen LogP contribution in [0.4, 0.5) is 0 Å². The number of hydrogen-bond acceptors (Lipinski definition) is 4. The fraction of sp³-hybridized carbons (Fsp3) is 0.333. The van der Waals surface area contributed by atoms with Gasteiger partial charge in [0.2, 0.25) is 11.7 Å². The molecule has 6 heteroatoms. The molecule has 1 aromatic carbocycles. The predicted octanol–water partition coefficient (Wildman–Crippen LogP) is 2.41. The molecule has 1 aromatic heterocycles. The molecule has 1 heterocycles. The quantitative estimate of drug-likeness (QED) is 0.804. The van der Waals surface area contributed by atoms with Crippen molar-refractivity contribution < 1.29 is 9.21 Å². The van der Waals surface area contributed by atoms with Crippen molar-refractivity contribution in [3.8, 4) is 11.5 Å². The zero-order chi connectivity index (χ0) is 14.4. The number of rotatable bonds is 6. The van der Waals surface area contributed by atoms with Crippen LogP contribution in [0, 0.1) is 6.92 Å². The number of aryl methyl sites for hydroxylation is 1. The highest BCUT2D eigenvalue weighted by Crippen LogP contribution is 2.21. The maximum Gasteiger partial charge on any atom is 0.289 e. The van der Waals surface area contributed by atoms with Crippen molar-refractivity contribution in [3.63, 3.8) is 0 Å². The summed E-state index contributed by atoms with van der Waals surface area (Å²) in [5.74, 6) is 0.523. The highest BCUT2D eigenvalue weighted by molar-refractivity contribution is 5.92. The van der Waals surface area contributed by atoms with Crippen LogP contribution < -0.4 is 10.6 Å². The van der Waals surface area contributed by atoms with E-state index in [1.54, 1.807) is 6.92 Å². The van der Waals surface area contributed by atoms with Crippen LogP contribution in [-0.4, -0.2) is 30.5 Å². The van der Waals surface area contributed by atoms with Gasteiger partial charge in [0.25, 0.3) is 5.91 Å². The maximum atomic E-state index is 12.0. The molecule has 2 aromatic rings. The molecule has 0 unspecified atom stereocenters. The SMILES string of the molecule is CCNCCNC(=O)c1oc(-c2ccccc2)nc1C.Cl. The van der Waals surface area contributed by atoms with Crippen LogP contribution in [0.3, 0.4) is 0 Å². The molecule has 1 amide bonds. The van der Waals surface area contributed by atoms with E-state index in [0.717, 1.165) is 18.7 Å². The van der Waals surface area contributed by atoms with Crippen LogP contribution >= 0.6 is 12.4 Å². The number of nitrogens with one attached hydrogen (secondary N) is 2. The minimum Gasteiger partial charge on any atom is -0.431 e. The van der Waals surface area contributed by atoms with Gasteiger partial charge in [-0.2, -0.15) is 0 Å². The first-order valence-electron chi connectivity index (χ1n) is 6.74. The van der Waals surface area contributed by atoms with Gasteiger partial charge in [0.15, 0.2) is 0 Å². The van der Waals surface area contributed by atoms with E-state index in [9.17, 15) is 4.79 Å². The summed E-state index contributed by atoms with van der Waals surface area (Å²) in [5.41, 5.74) is 1.46. The third-order valence-electron chi connectivity index (χ3n) is 2.86. The molecule has 0 spiro atoms. The molecule has 0 bridgehead atoms. The van der Waals surface area contributed by atoms with Gasteiger partial charge in [0, 0.05) is 18.7 Å². The lowest BCUT2D eigenvalue weighted by atomic mass is 10.2. The Morgan fingerprint density at radius 2 is 1.95 bits per heavy atom. The molecule has 114 valence electrons. The van der Waals surface area contributed by atoms with Crippen LogP contribution in [0.15, 0.2) is 34.7 Å². The standard InChI is InChI=1S/C15H19N3O2.ClH/c1-3-16-9-10-17-14(19)13-11(2)18-15(20-13)12-7-5-4-6-8-12;/h4-8,16H,3,9-10H2,1-2H3,(H,17,19);1H. The smallest absolute Gasteiger partial charge is 0.289 e. The topological polar surface area (TPSA) is 67.2 Å². The fourth-order valence-corrected chi connectivity index (χ4v) is 1.83. The Bertz CT molecular complexity index is 570. The second kappa shape index (κ2) is 8.44. The number of benzene rings is 1. The summed E-state index contributed by atoms with van der Waals surface area (Å²) in [4.78, 5) is 16.3. The number of amides is 1. The summed E-state index contributed by atoms with van der Waals surface area (Å²) >= 11 is 0. The molecule has 0 aliphatic heterocycles. The van der Waals surface area contributed by atoms with Crippen LogP contribution in [0.5, 0.6) is 0 Å². The van der Waals surface area contributed by atoms with Gasteiger partial charge in [0.05, 0.1) is 5.69 Å². The second-order valence-electron chi connectivity index (χ2n) is 4.41. The Kier molecular flexibility index (Phi) is 6.91. The van der Waals surface area contributed by atoms with Gasteiger partial charge in [-0.15, -0.1) is 12.4 Å². The maximum absolute atomic E-state index is 12.0. The lowest BCUT2D eigenvalue weighted by Crippen LogP contribution is -2.31. The fourth-order valence-electron chi connectivity index (χ4n) is 1.83. The second-order valence-corrected chi connectivity index (χ2v) is 4.41. The zero-order valence-electron chi connectivity index (χ0n) is 12.2. The molecular weight excluding hydrogens is 290 g/mol. The summed E-state index contributed by atoms with van der Waals surface area (Å²) in [7, 11) is 0. The Hall–Kier alpha value is -1.85. The van der Waals surface area contributed by atoms with Crippen LogP contribution in [0.2, 0.25) is 0 Å². The first-order valence-corrected chi connectivity index (χ1v) is 6.74. The number of likely N-dealkylation sites (N-methyl/N-ethyl adjacent to an activating group) is 1. The summed E-state index contributed by atoms with van der Waals surface area (Å²) in [6, 6.07) is 9.54. The normalized spacial score (nSPS) is 10.0. The monoisotopic (exact) mass is 309 g/mol. The van der Waals surface area contributed by atoms with Crippen molar-refractivity contribution in [2.75, 3.05) is 19.6 Å². The Balaban J connectivity index is 0.00000220. The molecular formula is C15H20ClN3O2. The van der Waals surface area contributed by atoms with Gasteiger partial charge in [-0.25, -0.2) is 4.98 Å². The van der Waals surface area contributed by atoms with Crippen LogP contribution in [0.25, 0.3) is 11.5 Å². The van der Waals surface area contributed by atoms with Crippen molar-refractivity contribution in [2.24, 2.45) is 0 Å². The van der Waals surface area contributed by atoms with Crippen LogP contribution in [-0.2, 0) is 0 Å². The number of aromatic nitrogens is 1. The molecule has 5 nitrogen and oxygen atoms in total. The van der Waals surface area contributed by atoms with Gasteiger partial charge in [-0.3, -0.25) is 4.79 Å². The molecule has 2 N–H and O–H groups in total. The van der Waals surface area contributed by atoms with Crippen molar-refractivity contribution in [1.29, 1.82) is 0 Å². The zero-order valence-corrected chi connectivity index (χ0v) is 13.0. The summed E-state index contributed by atoms with van der Waals surface area (Å²) < 4.78 is 5.58. The third kappa shape index (κ3) is 4.58. The largest absolute Gasteiger partial charge is 0.431 e. The van der Waals surface area contributed by atoms with E-state index >= 15 is 0 Å². The average Bonchev–Trinajstić information content (AvgIpc) is 2.86. The Labute approximate surface area is 130 Å². The van der Waals surface area contributed by atoms with E-state index in [1.807, 2.05) is 37.3 Å². The number of hydrogen-bond donors (Lipinski definition) is 2. The first-order chi connectivity index (χ1) is 9.72. The lowest BCUT2D eigenvalue weighted by Gasteiger charge is -2.03. The third-order valence-corrected chi connectivity index (χ3v) is 2.86. The highest BCUT2D eigenvalue weighted by atomic mass is 35.5. The van der Waals surface area contributed by atoms with Gasteiger partial charge >= 0.3 is 0 Å². The molecule has 0 fully saturated rings. The highest BCUT2D eigenvalue weighted by Gasteiger charge is 2.17. The predicted molar refractivity (Wildman–Crippen MR) is 84.8 cm³/mol. The molecule has 2 rings (SSSR count). The van der Waals surface area contributed by atoms with Crippen molar-refractivity contribution >= 4 is 18.3 Å². The number of oxazole rings is 1. The number of carbonyl (C=O) groups excluding carboxylic acids is 1. The van der Waals surface area contributed by atoms with E-state index in [1.165, 1.54) is 0 Å². The van der Waals surface area contributed by atoms with E-state index < -0.39 is 0 Å². The molecule has 0 radical (unpaired) electrons. The molecule has 0 aliphatic rings. The van der Waals surface area contributed by atoms with E-state index in [0.29, 0.717) is 18.1 Å². The molecule has 0 atom stereocenters. The summed E-state index contributed by atoms with van der Waals surface area (Å²) in [5, 5.41) is 5.94. The van der Waals surface area contributed by atoms with Gasteiger partial charge < -0.3 is 15.1 Å². The van der Waals surface area contributed by atoms with Gasteiger partial charge in [0.1, 0.15) is 0 Å². The van der Waals surface area contributed by atoms with E-state index in [-0.39, 0.29) is 24.1 Å². The Morgan fingerprint density at radius 3 is 2.62 bits per heavy atom. The molecule has 0 aliphatic carbocycles. The number of carbonyl (C=O) groups is 1. The Morgan fingerprint density at radius 1 is 1.24 bits per heavy atom. The summed E-state index contributed by atoms with van der Waals surface area (Å²) in [6.07, 6.45) is 0. The minimum atomic E-state index is -0.227. The minimum absolute atomic E-state index is 0. The van der Waals surface area contributed by atoms with Crippen LogP contribution in [0.1, 0.15) is 23.2 Å². The van der Waals surface area contributed by atoms with Gasteiger partial charge in [-0.1, -0.05) is 25.1 Å². The van der Waals surface area contributed by atoms with E-state index in [2.05, 4.69) is 15.6 Å². The van der Waals surface area contributed by atoms with E-state index in [4.69, 9.17) is 4.42 Å². The molecule has 21 heavy (non-hydrogen) atoms. The summed E-state index contributed by atoms with van der Waals surface area (Å²) in [6.45, 7) is 5.98. The number of nitrogens with zero attached hydrogens (tertiary/aromatic N) is 1. The van der Waals surface area contributed by atoms with Gasteiger partial charge in [-0.05, 0) is 25.6 Å². The lowest BCUT2D eigenvalue weighted by molar-refractivity contribution is 0.0926. The average molecular weight is 310 g/mol. The first kappa shape index (κ1) is 17.2. The number of halogens is 1. The molecule has 0 saturated heterocycles. The van der Waals surface area contributed by atoms with Crippen molar-refractivity contribution in [2.45, 2.75) is 13.8 Å². The van der Waals surface area contributed by atoms with Crippen molar-refractivity contribution in [1.82, 2.24) is 15.6 Å². The molecule has 0 saturated carbocycles.